The normalized spacial score (nSPS) is 14.8. The van der Waals surface area contributed by atoms with Crippen molar-refractivity contribution in [2.45, 2.75) is 12.8 Å². The van der Waals surface area contributed by atoms with Crippen molar-refractivity contribution in [3.63, 3.8) is 0 Å². The fraction of sp³-hybridized carbons (Fsp3) is 0.333. The molecule has 6 heteroatoms. The van der Waals surface area contributed by atoms with E-state index in [1.165, 1.54) is 0 Å². The molecule has 0 aliphatic carbocycles. The van der Waals surface area contributed by atoms with Crippen molar-refractivity contribution < 1.29 is 9.47 Å². The van der Waals surface area contributed by atoms with Crippen molar-refractivity contribution in [3.05, 3.63) is 22.2 Å². The zero-order valence-corrected chi connectivity index (χ0v) is 11.8. The first kappa shape index (κ1) is 12.9. The molecule has 96 valence electrons. The van der Waals surface area contributed by atoms with E-state index in [0.29, 0.717) is 17.3 Å². The van der Waals surface area contributed by atoms with Gasteiger partial charge in [-0.1, -0.05) is 0 Å². The van der Waals surface area contributed by atoms with Crippen molar-refractivity contribution >= 4 is 27.5 Å². The Labute approximate surface area is 114 Å². The Morgan fingerprint density at radius 2 is 1.78 bits per heavy atom. The van der Waals surface area contributed by atoms with Crippen molar-refractivity contribution in [2.75, 3.05) is 14.2 Å². The molecule has 2 rings (SSSR count). The van der Waals surface area contributed by atoms with E-state index in [1.54, 1.807) is 14.2 Å². The van der Waals surface area contributed by atoms with Gasteiger partial charge in [-0.2, -0.15) is 5.10 Å². The van der Waals surface area contributed by atoms with Crippen LogP contribution >= 0.6 is 15.9 Å². The van der Waals surface area contributed by atoms with Crippen LogP contribution in [0, 0.1) is 0 Å². The zero-order valence-electron chi connectivity index (χ0n) is 10.2. The second-order valence-electron chi connectivity index (χ2n) is 3.83. The predicted molar refractivity (Wildman–Crippen MR) is 74.6 cm³/mol. The van der Waals surface area contributed by atoms with E-state index in [4.69, 9.17) is 15.2 Å². The van der Waals surface area contributed by atoms with Crippen LogP contribution in [0.3, 0.4) is 0 Å². The summed E-state index contributed by atoms with van der Waals surface area (Å²) < 4.78 is 11.4. The van der Waals surface area contributed by atoms with Gasteiger partial charge < -0.3 is 15.2 Å². The molecule has 0 spiro atoms. The Balaban J connectivity index is 2.45. The van der Waals surface area contributed by atoms with E-state index in [9.17, 15) is 0 Å². The molecule has 18 heavy (non-hydrogen) atoms. The standard InChI is InChI=1S/C12H14BrN3O2/c1-17-10-5-7(8(13)6-11(10)18-2)9-3-4-12(14)16-15-9/h5-6H,3-4H2,1-2H3,(H2,14,16). The molecule has 0 radical (unpaired) electrons. The predicted octanol–water partition coefficient (Wildman–Crippen LogP) is 2.32. The van der Waals surface area contributed by atoms with E-state index in [-0.39, 0.29) is 0 Å². The molecule has 2 N–H and O–H groups in total. The molecule has 1 aromatic carbocycles. The van der Waals surface area contributed by atoms with Gasteiger partial charge in [-0.15, -0.1) is 5.10 Å². The maximum absolute atomic E-state index is 5.60. The summed E-state index contributed by atoms with van der Waals surface area (Å²) in [4.78, 5) is 0. The summed E-state index contributed by atoms with van der Waals surface area (Å²) >= 11 is 3.51. The molecule has 0 atom stereocenters. The van der Waals surface area contributed by atoms with E-state index in [1.807, 2.05) is 12.1 Å². The highest BCUT2D eigenvalue weighted by Crippen LogP contribution is 2.34. The van der Waals surface area contributed by atoms with Gasteiger partial charge in [-0.3, -0.25) is 0 Å². The van der Waals surface area contributed by atoms with Crippen LogP contribution in [0.15, 0.2) is 26.8 Å². The van der Waals surface area contributed by atoms with Crippen LogP contribution < -0.4 is 15.2 Å². The lowest BCUT2D eigenvalue weighted by Gasteiger charge is -2.14. The van der Waals surface area contributed by atoms with Crippen LogP contribution in [-0.4, -0.2) is 25.8 Å². The molecule has 0 aromatic heterocycles. The lowest BCUT2D eigenvalue weighted by Crippen LogP contribution is -2.18. The smallest absolute Gasteiger partial charge is 0.161 e. The number of amidine groups is 1. The van der Waals surface area contributed by atoms with Crippen molar-refractivity contribution in [1.82, 2.24) is 0 Å². The second kappa shape index (κ2) is 5.39. The fourth-order valence-corrected chi connectivity index (χ4v) is 2.29. The van der Waals surface area contributed by atoms with Gasteiger partial charge in [-0.25, -0.2) is 0 Å². The van der Waals surface area contributed by atoms with Crippen molar-refractivity contribution in [3.8, 4) is 11.5 Å². The number of hydrogen-bond acceptors (Lipinski definition) is 5. The van der Waals surface area contributed by atoms with Gasteiger partial charge in [0.25, 0.3) is 0 Å². The summed E-state index contributed by atoms with van der Waals surface area (Å²) in [6.07, 6.45) is 1.49. The molecule has 5 nitrogen and oxygen atoms in total. The SMILES string of the molecule is COc1cc(Br)c(C2=NN=C(N)CC2)cc1OC. The molecule has 1 aliphatic rings. The highest BCUT2D eigenvalue weighted by Gasteiger charge is 2.16. The fourth-order valence-electron chi connectivity index (χ4n) is 1.73. The van der Waals surface area contributed by atoms with Gasteiger partial charge in [0, 0.05) is 16.5 Å². The third kappa shape index (κ3) is 2.48. The van der Waals surface area contributed by atoms with Crippen LogP contribution in [0.1, 0.15) is 18.4 Å². The number of hydrogen-bond donors (Lipinski definition) is 1. The Hall–Kier alpha value is -1.56. The molecule has 0 amide bonds. The van der Waals surface area contributed by atoms with Crippen LogP contribution in [0.2, 0.25) is 0 Å². The molecule has 0 fully saturated rings. The zero-order chi connectivity index (χ0) is 13.1. The molecule has 0 unspecified atom stereocenters. The Morgan fingerprint density at radius 3 is 2.33 bits per heavy atom. The quantitative estimate of drug-likeness (QED) is 0.931. The minimum atomic E-state index is 0.565. The number of methoxy groups -OCH3 is 2. The Kier molecular flexibility index (Phi) is 3.86. The average Bonchev–Trinajstić information content (AvgIpc) is 2.39. The van der Waals surface area contributed by atoms with Gasteiger partial charge in [0.2, 0.25) is 0 Å². The summed E-state index contributed by atoms with van der Waals surface area (Å²) in [5.74, 6) is 1.91. The molecule has 0 saturated heterocycles. The summed E-state index contributed by atoms with van der Waals surface area (Å²) in [5.41, 5.74) is 7.44. The third-order valence-corrected chi connectivity index (χ3v) is 3.36. The summed E-state index contributed by atoms with van der Waals surface area (Å²) in [6.45, 7) is 0. The maximum Gasteiger partial charge on any atom is 0.161 e. The van der Waals surface area contributed by atoms with Gasteiger partial charge in [0.05, 0.1) is 19.9 Å². The van der Waals surface area contributed by atoms with Gasteiger partial charge in [0.15, 0.2) is 11.5 Å². The molecular weight excluding hydrogens is 298 g/mol. The molecule has 1 aromatic rings. The van der Waals surface area contributed by atoms with Crippen molar-refractivity contribution in [1.29, 1.82) is 0 Å². The Bertz CT molecular complexity index is 526. The van der Waals surface area contributed by atoms with Crippen LogP contribution in [0.4, 0.5) is 0 Å². The first-order valence-electron chi connectivity index (χ1n) is 5.46. The van der Waals surface area contributed by atoms with Crippen LogP contribution in [0.5, 0.6) is 11.5 Å². The first-order valence-corrected chi connectivity index (χ1v) is 6.25. The van der Waals surface area contributed by atoms with E-state index in [0.717, 1.165) is 28.6 Å². The van der Waals surface area contributed by atoms with Gasteiger partial charge in [0.1, 0.15) is 5.84 Å². The van der Waals surface area contributed by atoms with Gasteiger partial charge in [-0.05, 0) is 34.5 Å². The highest BCUT2D eigenvalue weighted by atomic mass is 79.9. The monoisotopic (exact) mass is 311 g/mol. The third-order valence-electron chi connectivity index (χ3n) is 2.70. The molecule has 0 bridgehead atoms. The largest absolute Gasteiger partial charge is 0.493 e. The molecule has 0 saturated carbocycles. The number of ether oxygens (including phenoxy) is 2. The minimum absolute atomic E-state index is 0.565. The van der Waals surface area contributed by atoms with Crippen molar-refractivity contribution in [2.24, 2.45) is 15.9 Å². The molecule has 1 aliphatic heterocycles. The molecular formula is C12H14BrN3O2. The Morgan fingerprint density at radius 1 is 1.11 bits per heavy atom. The summed E-state index contributed by atoms with van der Waals surface area (Å²) in [5, 5.41) is 8.04. The average molecular weight is 312 g/mol. The number of rotatable bonds is 3. The second-order valence-corrected chi connectivity index (χ2v) is 4.68. The first-order chi connectivity index (χ1) is 8.65. The lowest BCUT2D eigenvalue weighted by atomic mass is 10.0. The van der Waals surface area contributed by atoms with E-state index >= 15 is 0 Å². The number of benzene rings is 1. The summed E-state index contributed by atoms with van der Waals surface area (Å²) in [7, 11) is 3.21. The lowest BCUT2D eigenvalue weighted by molar-refractivity contribution is 0.354. The highest BCUT2D eigenvalue weighted by molar-refractivity contribution is 9.10. The minimum Gasteiger partial charge on any atom is -0.493 e. The van der Waals surface area contributed by atoms with E-state index in [2.05, 4.69) is 26.1 Å². The van der Waals surface area contributed by atoms with E-state index < -0.39 is 0 Å². The summed E-state index contributed by atoms with van der Waals surface area (Å²) in [6, 6.07) is 3.75. The topological polar surface area (TPSA) is 69.2 Å². The maximum atomic E-state index is 5.60. The number of nitrogens with two attached hydrogens (primary N) is 1. The number of halogens is 1. The van der Waals surface area contributed by atoms with Crippen LogP contribution in [-0.2, 0) is 0 Å². The van der Waals surface area contributed by atoms with Gasteiger partial charge >= 0.3 is 0 Å². The molecule has 1 heterocycles. The van der Waals surface area contributed by atoms with Crippen LogP contribution in [0.25, 0.3) is 0 Å². The number of nitrogens with zero attached hydrogens (tertiary/aromatic N) is 2.